The van der Waals surface area contributed by atoms with E-state index >= 15 is 0 Å². The second-order valence-electron chi connectivity index (χ2n) is 8.15. The van der Waals surface area contributed by atoms with Crippen LogP contribution in [0.3, 0.4) is 0 Å². The number of hydrogen-bond acceptors (Lipinski definition) is 5. The lowest BCUT2D eigenvalue weighted by molar-refractivity contribution is 0.122. The van der Waals surface area contributed by atoms with Crippen LogP contribution in [0, 0.1) is 0 Å². The summed E-state index contributed by atoms with van der Waals surface area (Å²) >= 11 is 0. The normalized spacial score (nSPS) is 14.4. The molecule has 0 spiro atoms. The summed E-state index contributed by atoms with van der Waals surface area (Å²) in [5, 5.41) is 3.57. The monoisotopic (exact) mass is 413 g/mol. The smallest absolute Gasteiger partial charge is 0.235 e. The van der Waals surface area contributed by atoms with Crippen LogP contribution in [0.5, 0.6) is 0 Å². The first-order chi connectivity index (χ1) is 15.2. The zero-order valence-electron chi connectivity index (χ0n) is 18.0. The number of fused-ring (bicyclic) bond motifs is 1. The summed E-state index contributed by atoms with van der Waals surface area (Å²) in [4.78, 5) is 11.6. The topological polar surface area (TPSA) is 54.7 Å². The fraction of sp³-hybridized carbons (Fsp3) is 0.280. The van der Waals surface area contributed by atoms with E-state index in [9.17, 15) is 0 Å². The van der Waals surface area contributed by atoms with Crippen molar-refractivity contribution in [1.29, 1.82) is 0 Å². The summed E-state index contributed by atoms with van der Waals surface area (Å²) in [7, 11) is 0. The van der Waals surface area contributed by atoms with E-state index in [0.717, 1.165) is 49.1 Å². The fourth-order valence-corrected chi connectivity index (χ4v) is 3.95. The summed E-state index contributed by atoms with van der Waals surface area (Å²) in [6, 6.07) is 19.1. The Hall–Kier alpha value is -3.38. The zero-order valence-corrected chi connectivity index (χ0v) is 18.0. The van der Waals surface area contributed by atoms with Crippen LogP contribution in [-0.2, 0) is 4.74 Å². The van der Waals surface area contributed by atoms with E-state index < -0.39 is 0 Å². The van der Waals surface area contributed by atoms with Gasteiger partial charge < -0.3 is 15.0 Å². The highest BCUT2D eigenvalue weighted by Crippen LogP contribution is 2.32. The quantitative estimate of drug-likeness (QED) is 0.493. The average molecular weight is 414 g/mol. The third-order valence-electron chi connectivity index (χ3n) is 5.76. The van der Waals surface area contributed by atoms with Crippen molar-refractivity contribution in [3.8, 4) is 11.3 Å². The maximum absolute atomic E-state index is 5.47. The number of rotatable bonds is 5. The van der Waals surface area contributed by atoms with Crippen LogP contribution in [0.1, 0.15) is 25.3 Å². The number of morpholine rings is 1. The van der Waals surface area contributed by atoms with Crippen molar-refractivity contribution in [2.24, 2.45) is 0 Å². The molecule has 0 radical (unpaired) electrons. The van der Waals surface area contributed by atoms with Crippen LogP contribution in [-0.4, -0.2) is 40.7 Å². The predicted octanol–water partition coefficient (Wildman–Crippen LogP) is 5.10. The number of anilines is 3. The SMILES string of the molecule is CC(C)c1ccc(Nc2c(-c3ccc(N4CCOCC4)cc3)nc3ncccn23)cc1. The maximum atomic E-state index is 5.47. The lowest BCUT2D eigenvalue weighted by Gasteiger charge is -2.28. The molecule has 0 atom stereocenters. The van der Waals surface area contributed by atoms with Gasteiger partial charge in [0.25, 0.3) is 0 Å². The molecule has 6 heteroatoms. The molecule has 1 aliphatic rings. The summed E-state index contributed by atoms with van der Waals surface area (Å²) in [6.07, 6.45) is 3.76. The molecular weight excluding hydrogens is 386 g/mol. The van der Waals surface area contributed by atoms with Crippen LogP contribution in [0.4, 0.5) is 17.2 Å². The van der Waals surface area contributed by atoms with Crippen molar-refractivity contribution in [3.05, 3.63) is 72.6 Å². The Kier molecular flexibility index (Phi) is 5.30. The minimum atomic E-state index is 0.509. The van der Waals surface area contributed by atoms with Crippen molar-refractivity contribution in [1.82, 2.24) is 14.4 Å². The molecule has 2 aromatic carbocycles. The Bertz CT molecular complexity index is 1160. The highest BCUT2D eigenvalue weighted by molar-refractivity contribution is 5.79. The van der Waals surface area contributed by atoms with Crippen molar-refractivity contribution < 1.29 is 4.74 Å². The highest BCUT2D eigenvalue weighted by atomic mass is 16.5. The van der Waals surface area contributed by atoms with E-state index in [0.29, 0.717) is 11.7 Å². The first-order valence-corrected chi connectivity index (χ1v) is 10.8. The second kappa shape index (κ2) is 8.40. The summed E-state index contributed by atoms with van der Waals surface area (Å²) < 4.78 is 7.47. The molecule has 1 aliphatic heterocycles. The number of benzene rings is 2. The molecule has 6 nitrogen and oxygen atoms in total. The van der Waals surface area contributed by atoms with Crippen molar-refractivity contribution in [3.63, 3.8) is 0 Å². The molecule has 0 saturated carbocycles. The molecule has 0 amide bonds. The Morgan fingerprint density at radius 3 is 2.42 bits per heavy atom. The van der Waals surface area contributed by atoms with Crippen molar-refractivity contribution in [2.45, 2.75) is 19.8 Å². The van der Waals surface area contributed by atoms with E-state index in [2.05, 4.69) is 77.6 Å². The molecule has 4 aromatic rings. The molecule has 31 heavy (non-hydrogen) atoms. The Labute approximate surface area is 182 Å². The van der Waals surface area contributed by atoms with Gasteiger partial charge in [0.2, 0.25) is 5.78 Å². The van der Waals surface area contributed by atoms with Gasteiger partial charge in [0.1, 0.15) is 11.5 Å². The molecule has 2 aromatic heterocycles. The Morgan fingerprint density at radius 1 is 0.968 bits per heavy atom. The van der Waals surface area contributed by atoms with Crippen LogP contribution >= 0.6 is 0 Å². The number of ether oxygens (including phenoxy) is 1. The van der Waals surface area contributed by atoms with E-state index in [1.807, 2.05) is 16.7 Å². The molecule has 1 fully saturated rings. The van der Waals surface area contributed by atoms with Gasteiger partial charge in [0.05, 0.1) is 13.2 Å². The maximum Gasteiger partial charge on any atom is 0.235 e. The minimum absolute atomic E-state index is 0.509. The highest BCUT2D eigenvalue weighted by Gasteiger charge is 2.16. The predicted molar refractivity (Wildman–Crippen MR) is 125 cm³/mol. The minimum Gasteiger partial charge on any atom is -0.378 e. The number of aromatic nitrogens is 3. The summed E-state index contributed by atoms with van der Waals surface area (Å²) in [5.41, 5.74) is 5.52. The van der Waals surface area contributed by atoms with Crippen LogP contribution < -0.4 is 10.2 Å². The van der Waals surface area contributed by atoms with E-state index in [4.69, 9.17) is 9.72 Å². The van der Waals surface area contributed by atoms with Gasteiger partial charge in [-0.2, -0.15) is 0 Å². The molecule has 0 bridgehead atoms. The van der Waals surface area contributed by atoms with Crippen LogP contribution in [0.25, 0.3) is 17.0 Å². The number of nitrogens with zero attached hydrogens (tertiary/aromatic N) is 4. The molecule has 1 saturated heterocycles. The summed E-state index contributed by atoms with van der Waals surface area (Å²) in [5.74, 6) is 2.10. The number of hydrogen-bond donors (Lipinski definition) is 1. The number of imidazole rings is 1. The molecule has 3 heterocycles. The van der Waals surface area contributed by atoms with Gasteiger partial charge in [-0.1, -0.05) is 38.1 Å². The van der Waals surface area contributed by atoms with Crippen LogP contribution in [0.2, 0.25) is 0 Å². The van der Waals surface area contributed by atoms with Gasteiger partial charge in [-0.3, -0.25) is 4.40 Å². The zero-order chi connectivity index (χ0) is 21.2. The van der Waals surface area contributed by atoms with Gasteiger partial charge in [-0.05, 0) is 41.8 Å². The molecule has 0 unspecified atom stereocenters. The van der Waals surface area contributed by atoms with Gasteiger partial charge in [-0.25, -0.2) is 9.97 Å². The van der Waals surface area contributed by atoms with E-state index in [1.54, 1.807) is 6.20 Å². The largest absolute Gasteiger partial charge is 0.378 e. The van der Waals surface area contributed by atoms with Crippen molar-refractivity contribution in [2.75, 3.05) is 36.5 Å². The van der Waals surface area contributed by atoms with Crippen LogP contribution in [0.15, 0.2) is 67.0 Å². The lowest BCUT2D eigenvalue weighted by atomic mass is 10.0. The molecule has 1 N–H and O–H groups in total. The Morgan fingerprint density at radius 2 is 1.71 bits per heavy atom. The molecule has 158 valence electrons. The number of nitrogens with one attached hydrogen (secondary N) is 1. The van der Waals surface area contributed by atoms with Gasteiger partial charge in [0, 0.05) is 42.4 Å². The third kappa shape index (κ3) is 3.99. The van der Waals surface area contributed by atoms with E-state index in [-0.39, 0.29) is 0 Å². The van der Waals surface area contributed by atoms with Crippen molar-refractivity contribution >= 4 is 23.0 Å². The Balaban J connectivity index is 1.50. The standard InChI is InChI=1S/C25H27N5O/c1-18(2)19-4-8-21(9-5-19)27-24-23(28-25-26-12-3-13-30(24)25)20-6-10-22(11-7-20)29-14-16-31-17-15-29/h3-13,18,27H,14-17H2,1-2H3. The van der Waals surface area contributed by atoms with Gasteiger partial charge in [-0.15, -0.1) is 0 Å². The summed E-state index contributed by atoms with van der Waals surface area (Å²) in [6.45, 7) is 7.83. The molecule has 5 rings (SSSR count). The first-order valence-electron chi connectivity index (χ1n) is 10.8. The van der Waals surface area contributed by atoms with Gasteiger partial charge >= 0.3 is 0 Å². The molecular formula is C25H27N5O. The van der Waals surface area contributed by atoms with E-state index in [1.165, 1.54) is 11.3 Å². The fourth-order valence-electron chi connectivity index (χ4n) is 3.95. The van der Waals surface area contributed by atoms with Gasteiger partial charge in [0.15, 0.2) is 0 Å². The second-order valence-corrected chi connectivity index (χ2v) is 8.15. The first kappa shape index (κ1) is 19.6. The average Bonchev–Trinajstić information content (AvgIpc) is 3.18. The molecule has 0 aliphatic carbocycles. The third-order valence-corrected chi connectivity index (χ3v) is 5.76. The lowest BCUT2D eigenvalue weighted by Crippen LogP contribution is -2.36.